The number of rotatable bonds is 11. The van der Waals surface area contributed by atoms with Gasteiger partial charge in [0.25, 0.3) is 0 Å². The van der Waals surface area contributed by atoms with Crippen molar-refractivity contribution in [3.8, 4) is 0 Å². The number of amides is 3. The summed E-state index contributed by atoms with van der Waals surface area (Å²) in [6.45, 7) is 4.60. The molecule has 0 aromatic rings. The van der Waals surface area contributed by atoms with Gasteiger partial charge in [-0.25, -0.2) is 4.79 Å². The molecule has 0 spiro atoms. The minimum absolute atomic E-state index is 0.0807. The van der Waals surface area contributed by atoms with Gasteiger partial charge in [-0.05, 0) is 12.8 Å². The van der Waals surface area contributed by atoms with Crippen LogP contribution in [-0.4, -0.2) is 69.8 Å². The van der Waals surface area contributed by atoms with Crippen LogP contribution in [0.25, 0.3) is 0 Å². The summed E-state index contributed by atoms with van der Waals surface area (Å²) >= 11 is 3.88. The molecule has 0 aromatic heterocycles. The van der Waals surface area contributed by atoms with Gasteiger partial charge in [-0.1, -0.05) is 13.8 Å². The van der Waals surface area contributed by atoms with Crippen molar-refractivity contribution in [2.45, 2.75) is 51.4 Å². The molecule has 4 unspecified atom stereocenters. The van der Waals surface area contributed by atoms with E-state index in [1.54, 1.807) is 13.8 Å². The molecule has 154 valence electrons. The van der Waals surface area contributed by atoms with Crippen LogP contribution >= 0.6 is 12.6 Å². The Bertz CT molecular complexity index is 585. The third-order valence-corrected chi connectivity index (χ3v) is 3.92. The highest BCUT2D eigenvalue weighted by atomic mass is 32.1. The molecule has 27 heavy (non-hydrogen) atoms. The zero-order chi connectivity index (χ0) is 21.3. The molecule has 0 aliphatic carbocycles. The normalized spacial score (nSPS) is 15.2. The van der Waals surface area contributed by atoms with Gasteiger partial charge in [0.15, 0.2) is 0 Å². The van der Waals surface area contributed by atoms with Gasteiger partial charge >= 0.3 is 11.9 Å². The first-order valence-electron chi connectivity index (χ1n) is 8.12. The summed E-state index contributed by atoms with van der Waals surface area (Å²) in [5.41, 5.74) is 5.50. The molecule has 4 atom stereocenters. The number of carboxylic acids is 2. The Morgan fingerprint density at radius 3 is 1.89 bits per heavy atom. The number of aliphatic carboxylic acids is 2. The first-order valence-corrected chi connectivity index (χ1v) is 8.76. The fourth-order valence-corrected chi connectivity index (χ4v) is 2.08. The van der Waals surface area contributed by atoms with Crippen molar-refractivity contribution in [3.05, 3.63) is 0 Å². The number of thiol groups is 1. The predicted octanol–water partition coefficient (Wildman–Crippen LogP) is -2.07. The van der Waals surface area contributed by atoms with Gasteiger partial charge < -0.3 is 31.9 Å². The van der Waals surface area contributed by atoms with E-state index in [0.29, 0.717) is 0 Å². The maximum absolute atomic E-state index is 12.3. The molecule has 0 rings (SSSR count). The lowest BCUT2D eigenvalue weighted by molar-refractivity contribution is -0.147. The van der Waals surface area contributed by atoms with Crippen LogP contribution in [0.1, 0.15) is 27.2 Å². The number of hydrogen-bond acceptors (Lipinski definition) is 7. The summed E-state index contributed by atoms with van der Waals surface area (Å²) < 4.78 is 0. The van der Waals surface area contributed by atoms with E-state index >= 15 is 0 Å². The lowest BCUT2D eigenvalue weighted by Crippen LogP contribution is -2.58. The number of nitrogens with one attached hydrogen (secondary N) is 3. The molecule has 7 N–H and O–H groups in total. The summed E-state index contributed by atoms with van der Waals surface area (Å²) in [5.74, 6) is -5.39. The third-order valence-electron chi connectivity index (χ3n) is 3.53. The Balaban J connectivity index is 5.03. The molecule has 0 bridgehead atoms. The molecule has 0 saturated carbocycles. The van der Waals surface area contributed by atoms with Gasteiger partial charge in [-0.15, -0.1) is 0 Å². The summed E-state index contributed by atoms with van der Waals surface area (Å²) in [6.07, 6.45) is -0.812. The van der Waals surface area contributed by atoms with Crippen molar-refractivity contribution in [1.29, 1.82) is 0 Å². The van der Waals surface area contributed by atoms with Gasteiger partial charge in [-0.3, -0.25) is 19.2 Å². The van der Waals surface area contributed by atoms with Crippen LogP contribution < -0.4 is 21.7 Å². The van der Waals surface area contributed by atoms with Crippen LogP contribution in [0.3, 0.4) is 0 Å². The lowest BCUT2D eigenvalue weighted by Gasteiger charge is -2.25. The smallest absolute Gasteiger partial charge is 0.326 e. The Morgan fingerprint density at radius 2 is 1.48 bits per heavy atom. The quantitative estimate of drug-likeness (QED) is 0.191. The lowest BCUT2D eigenvalue weighted by atomic mass is 10.0. The molecule has 11 nitrogen and oxygen atoms in total. The highest BCUT2D eigenvalue weighted by molar-refractivity contribution is 7.80. The molecule has 3 amide bonds. The number of hydrogen-bond donors (Lipinski definition) is 7. The fourth-order valence-electron chi connectivity index (χ4n) is 1.92. The first-order chi connectivity index (χ1) is 12.4. The Morgan fingerprint density at radius 1 is 0.926 bits per heavy atom. The minimum Gasteiger partial charge on any atom is -0.481 e. The van der Waals surface area contributed by atoms with E-state index in [2.05, 4.69) is 28.6 Å². The van der Waals surface area contributed by atoms with E-state index in [9.17, 15) is 24.0 Å². The van der Waals surface area contributed by atoms with E-state index < -0.39 is 66.2 Å². The molecule has 12 heteroatoms. The zero-order valence-corrected chi connectivity index (χ0v) is 16.2. The Hall–Kier alpha value is -2.34. The second-order valence-electron chi connectivity index (χ2n) is 6.25. The molecule has 0 aliphatic heterocycles. The summed E-state index contributed by atoms with van der Waals surface area (Å²) in [5, 5.41) is 24.6. The van der Waals surface area contributed by atoms with Gasteiger partial charge in [0, 0.05) is 5.75 Å². The van der Waals surface area contributed by atoms with Crippen LogP contribution in [0.4, 0.5) is 0 Å². The Kier molecular flexibility index (Phi) is 10.4. The van der Waals surface area contributed by atoms with Crippen molar-refractivity contribution in [2.75, 3.05) is 5.75 Å². The average Bonchev–Trinajstić information content (AvgIpc) is 2.56. The molecular weight excluding hydrogens is 380 g/mol. The molecule has 0 fully saturated rings. The number of nitrogens with two attached hydrogens (primary N) is 1. The van der Waals surface area contributed by atoms with E-state index in [4.69, 9.17) is 15.9 Å². The van der Waals surface area contributed by atoms with E-state index in [-0.39, 0.29) is 5.75 Å². The zero-order valence-electron chi connectivity index (χ0n) is 15.3. The monoisotopic (exact) mass is 406 g/mol. The first kappa shape index (κ1) is 24.7. The maximum atomic E-state index is 12.3. The average molecular weight is 406 g/mol. The molecule has 0 aliphatic rings. The SMILES string of the molecule is CC(NC(=O)C(N)CS)C(=O)NC(C(=O)NC(CC(=O)O)C(=O)O)C(C)C. The topological polar surface area (TPSA) is 188 Å². The van der Waals surface area contributed by atoms with Crippen molar-refractivity contribution in [3.63, 3.8) is 0 Å². The molecule has 0 aromatic carbocycles. The highest BCUT2D eigenvalue weighted by Gasteiger charge is 2.31. The van der Waals surface area contributed by atoms with Crippen molar-refractivity contribution < 1.29 is 34.2 Å². The van der Waals surface area contributed by atoms with Crippen LogP contribution in [0.2, 0.25) is 0 Å². The standard InChI is InChI=1S/C15H26N4O7S/c1-6(2)11(14(24)18-9(15(25)26)4-10(20)21)19-12(22)7(3)17-13(23)8(16)5-27/h6-9,11,27H,4-5,16H2,1-3H3,(H,17,23)(H,18,24)(H,19,22)(H,20,21)(H,25,26). The summed E-state index contributed by atoms with van der Waals surface area (Å²) in [7, 11) is 0. The maximum Gasteiger partial charge on any atom is 0.326 e. The summed E-state index contributed by atoms with van der Waals surface area (Å²) in [6, 6.07) is -4.68. The largest absolute Gasteiger partial charge is 0.481 e. The number of carboxylic acid groups (broad SMARTS) is 2. The van der Waals surface area contributed by atoms with Gasteiger partial charge in [0.2, 0.25) is 17.7 Å². The van der Waals surface area contributed by atoms with Gasteiger partial charge in [-0.2, -0.15) is 12.6 Å². The molecule has 0 radical (unpaired) electrons. The van der Waals surface area contributed by atoms with Crippen LogP contribution in [0, 0.1) is 5.92 Å². The molecular formula is C15H26N4O7S. The predicted molar refractivity (Wildman–Crippen MR) is 98.0 cm³/mol. The molecule has 0 saturated heterocycles. The van der Waals surface area contributed by atoms with Gasteiger partial charge in [0.05, 0.1) is 12.5 Å². The van der Waals surface area contributed by atoms with Crippen LogP contribution in [-0.2, 0) is 24.0 Å². The van der Waals surface area contributed by atoms with Crippen LogP contribution in [0.15, 0.2) is 0 Å². The molecule has 0 heterocycles. The number of carbonyl (C=O) groups excluding carboxylic acids is 3. The van der Waals surface area contributed by atoms with E-state index in [1.807, 2.05) is 0 Å². The van der Waals surface area contributed by atoms with Crippen molar-refractivity contribution in [1.82, 2.24) is 16.0 Å². The summed E-state index contributed by atoms with van der Waals surface area (Å²) in [4.78, 5) is 58.0. The Labute approximate surface area is 161 Å². The van der Waals surface area contributed by atoms with Crippen molar-refractivity contribution in [2.24, 2.45) is 11.7 Å². The third kappa shape index (κ3) is 8.73. The van der Waals surface area contributed by atoms with E-state index in [0.717, 1.165) is 0 Å². The van der Waals surface area contributed by atoms with Crippen LogP contribution in [0.5, 0.6) is 0 Å². The second kappa shape index (κ2) is 11.4. The fraction of sp³-hybridized carbons (Fsp3) is 0.667. The van der Waals surface area contributed by atoms with Gasteiger partial charge in [0.1, 0.15) is 18.1 Å². The highest BCUT2D eigenvalue weighted by Crippen LogP contribution is 2.05. The minimum atomic E-state index is -1.64. The second-order valence-corrected chi connectivity index (χ2v) is 6.61. The van der Waals surface area contributed by atoms with E-state index in [1.165, 1.54) is 6.92 Å². The number of carbonyl (C=O) groups is 5. The van der Waals surface area contributed by atoms with Crippen molar-refractivity contribution >= 4 is 42.3 Å².